The summed E-state index contributed by atoms with van der Waals surface area (Å²) in [5, 5.41) is 2.91. The molecule has 0 spiro atoms. The molecule has 5 heteroatoms. The van der Waals surface area contributed by atoms with E-state index >= 15 is 0 Å². The standard InChI is InChI=1S/C12H24N4O/c1-5-16(6-2)11(17)7-8-14-12(13)15-9-10(3)4/h3,5-9H2,1-2,4H3,(H3,13,14,15). The summed E-state index contributed by atoms with van der Waals surface area (Å²) in [4.78, 5) is 17.5. The second-order valence-electron chi connectivity index (χ2n) is 3.90. The molecule has 0 saturated heterocycles. The molecule has 3 N–H and O–H groups in total. The van der Waals surface area contributed by atoms with Gasteiger partial charge in [-0.05, 0) is 20.8 Å². The van der Waals surface area contributed by atoms with Crippen LogP contribution < -0.4 is 11.1 Å². The molecular formula is C12H24N4O. The van der Waals surface area contributed by atoms with Crippen molar-refractivity contribution in [2.45, 2.75) is 27.2 Å². The van der Waals surface area contributed by atoms with Crippen LogP contribution in [0.15, 0.2) is 17.1 Å². The maximum absolute atomic E-state index is 11.6. The van der Waals surface area contributed by atoms with Gasteiger partial charge in [0.2, 0.25) is 5.91 Å². The van der Waals surface area contributed by atoms with E-state index in [-0.39, 0.29) is 5.91 Å². The number of nitrogens with two attached hydrogens (primary N) is 1. The lowest BCUT2D eigenvalue weighted by Crippen LogP contribution is -2.37. The van der Waals surface area contributed by atoms with Crippen molar-refractivity contribution in [1.29, 1.82) is 0 Å². The third kappa shape index (κ3) is 7.38. The topological polar surface area (TPSA) is 70.7 Å². The Bertz CT molecular complexity index is 282. The van der Waals surface area contributed by atoms with Crippen LogP contribution in [0.3, 0.4) is 0 Å². The van der Waals surface area contributed by atoms with E-state index in [2.05, 4.69) is 16.9 Å². The van der Waals surface area contributed by atoms with E-state index in [1.54, 1.807) is 4.90 Å². The lowest BCUT2D eigenvalue weighted by atomic mass is 10.3. The number of nitrogens with one attached hydrogen (secondary N) is 1. The molecule has 0 atom stereocenters. The Hall–Kier alpha value is -1.52. The first kappa shape index (κ1) is 15.5. The fourth-order valence-electron chi connectivity index (χ4n) is 1.31. The summed E-state index contributed by atoms with van der Waals surface area (Å²) < 4.78 is 0. The minimum atomic E-state index is 0.134. The van der Waals surface area contributed by atoms with Gasteiger partial charge in [-0.25, -0.2) is 4.99 Å². The second-order valence-corrected chi connectivity index (χ2v) is 3.90. The van der Waals surface area contributed by atoms with Gasteiger partial charge in [0.05, 0.1) is 6.54 Å². The highest BCUT2D eigenvalue weighted by Crippen LogP contribution is 1.92. The van der Waals surface area contributed by atoms with Gasteiger partial charge in [0, 0.05) is 26.1 Å². The zero-order chi connectivity index (χ0) is 13.3. The Morgan fingerprint density at radius 1 is 1.41 bits per heavy atom. The molecule has 5 nitrogen and oxygen atoms in total. The van der Waals surface area contributed by atoms with Crippen LogP contribution in [0.2, 0.25) is 0 Å². The predicted molar refractivity (Wildman–Crippen MR) is 71.9 cm³/mol. The monoisotopic (exact) mass is 240 g/mol. The molecule has 0 aliphatic rings. The third-order valence-corrected chi connectivity index (χ3v) is 2.28. The molecule has 0 aliphatic carbocycles. The molecule has 0 aromatic heterocycles. The van der Waals surface area contributed by atoms with Gasteiger partial charge in [0.25, 0.3) is 0 Å². The average Bonchev–Trinajstić information content (AvgIpc) is 2.28. The quantitative estimate of drug-likeness (QED) is 0.391. The molecule has 0 aromatic rings. The summed E-state index contributed by atoms with van der Waals surface area (Å²) in [5.74, 6) is 0.496. The van der Waals surface area contributed by atoms with Gasteiger partial charge in [-0.15, -0.1) is 0 Å². The molecule has 17 heavy (non-hydrogen) atoms. The smallest absolute Gasteiger partial charge is 0.224 e. The van der Waals surface area contributed by atoms with Gasteiger partial charge in [0.1, 0.15) is 0 Å². The van der Waals surface area contributed by atoms with Crippen molar-refractivity contribution < 1.29 is 4.79 Å². The van der Waals surface area contributed by atoms with E-state index in [1.165, 1.54) is 0 Å². The molecule has 0 radical (unpaired) electrons. The van der Waals surface area contributed by atoms with Crippen LogP contribution in [0.1, 0.15) is 27.2 Å². The van der Waals surface area contributed by atoms with Crippen molar-refractivity contribution in [3.05, 3.63) is 12.2 Å². The van der Waals surface area contributed by atoms with E-state index in [0.717, 1.165) is 18.7 Å². The van der Waals surface area contributed by atoms with Gasteiger partial charge in [0.15, 0.2) is 5.96 Å². The molecule has 0 fully saturated rings. The number of nitrogens with zero attached hydrogens (tertiary/aromatic N) is 2. The minimum Gasteiger partial charge on any atom is -0.370 e. The molecule has 0 aliphatic heterocycles. The normalized spacial score (nSPS) is 11.1. The summed E-state index contributed by atoms with van der Waals surface area (Å²) in [5.41, 5.74) is 6.57. The molecule has 1 amide bonds. The number of hydrogen-bond donors (Lipinski definition) is 2. The van der Waals surface area contributed by atoms with Crippen molar-refractivity contribution in [2.24, 2.45) is 10.7 Å². The zero-order valence-electron chi connectivity index (χ0n) is 11.1. The summed E-state index contributed by atoms with van der Waals surface area (Å²) in [7, 11) is 0. The first-order chi connectivity index (χ1) is 8.01. The largest absolute Gasteiger partial charge is 0.370 e. The van der Waals surface area contributed by atoms with Gasteiger partial charge in [-0.2, -0.15) is 0 Å². The molecule has 0 heterocycles. The van der Waals surface area contributed by atoms with Crippen LogP contribution in [0, 0.1) is 0 Å². The van der Waals surface area contributed by atoms with E-state index in [9.17, 15) is 4.79 Å². The average molecular weight is 240 g/mol. The van der Waals surface area contributed by atoms with Crippen molar-refractivity contribution >= 4 is 11.9 Å². The first-order valence-corrected chi connectivity index (χ1v) is 5.97. The number of carbonyl (C=O) groups excluding carboxylic acids is 1. The lowest BCUT2D eigenvalue weighted by Gasteiger charge is -2.18. The number of aliphatic imine (C=N–C) groups is 1. The van der Waals surface area contributed by atoms with E-state index in [0.29, 0.717) is 25.5 Å². The van der Waals surface area contributed by atoms with Crippen molar-refractivity contribution in [1.82, 2.24) is 10.2 Å². The SMILES string of the molecule is C=C(C)CN=C(N)NCCC(=O)N(CC)CC. The number of hydrogen-bond acceptors (Lipinski definition) is 2. The Morgan fingerprint density at radius 2 is 2.00 bits per heavy atom. The Morgan fingerprint density at radius 3 is 2.47 bits per heavy atom. The number of carbonyl (C=O) groups is 1. The summed E-state index contributed by atoms with van der Waals surface area (Å²) in [6.45, 7) is 12.1. The fourth-order valence-corrected chi connectivity index (χ4v) is 1.31. The first-order valence-electron chi connectivity index (χ1n) is 5.97. The lowest BCUT2D eigenvalue weighted by molar-refractivity contribution is -0.130. The van der Waals surface area contributed by atoms with Crippen LogP contribution in [0.5, 0.6) is 0 Å². The Labute approximate surface area is 104 Å². The highest BCUT2D eigenvalue weighted by atomic mass is 16.2. The van der Waals surface area contributed by atoms with Gasteiger partial charge >= 0.3 is 0 Å². The van der Waals surface area contributed by atoms with Gasteiger partial charge in [-0.1, -0.05) is 12.2 Å². The number of rotatable bonds is 7. The van der Waals surface area contributed by atoms with Crippen molar-refractivity contribution in [3.63, 3.8) is 0 Å². The molecule has 0 aromatic carbocycles. The van der Waals surface area contributed by atoms with Crippen molar-refractivity contribution in [3.8, 4) is 0 Å². The maximum Gasteiger partial charge on any atom is 0.224 e. The molecule has 98 valence electrons. The van der Waals surface area contributed by atoms with Gasteiger partial charge in [-0.3, -0.25) is 4.79 Å². The maximum atomic E-state index is 11.6. The van der Waals surface area contributed by atoms with Crippen LogP contribution >= 0.6 is 0 Å². The third-order valence-electron chi connectivity index (χ3n) is 2.28. The molecule has 0 unspecified atom stereocenters. The fraction of sp³-hybridized carbons (Fsp3) is 0.667. The van der Waals surface area contributed by atoms with Crippen LogP contribution in [0.25, 0.3) is 0 Å². The summed E-state index contributed by atoms with van der Waals surface area (Å²) in [6.07, 6.45) is 0.435. The molecule has 0 bridgehead atoms. The summed E-state index contributed by atoms with van der Waals surface area (Å²) >= 11 is 0. The number of guanidine groups is 1. The van der Waals surface area contributed by atoms with E-state index in [1.807, 2.05) is 20.8 Å². The van der Waals surface area contributed by atoms with Crippen molar-refractivity contribution in [2.75, 3.05) is 26.2 Å². The Kier molecular flexibility index (Phi) is 7.84. The van der Waals surface area contributed by atoms with Crippen LogP contribution in [-0.2, 0) is 4.79 Å². The molecule has 0 saturated carbocycles. The summed E-state index contributed by atoms with van der Waals surface area (Å²) in [6, 6.07) is 0. The minimum absolute atomic E-state index is 0.134. The highest BCUT2D eigenvalue weighted by molar-refractivity contribution is 5.80. The van der Waals surface area contributed by atoms with Crippen LogP contribution in [0.4, 0.5) is 0 Å². The highest BCUT2D eigenvalue weighted by Gasteiger charge is 2.08. The molecule has 0 rings (SSSR count). The molecular weight excluding hydrogens is 216 g/mol. The second kappa shape index (κ2) is 8.61. The van der Waals surface area contributed by atoms with E-state index < -0.39 is 0 Å². The van der Waals surface area contributed by atoms with E-state index in [4.69, 9.17) is 5.73 Å². The Balaban J connectivity index is 3.86. The van der Waals surface area contributed by atoms with Crippen LogP contribution in [-0.4, -0.2) is 42.9 Å². The van der Waals surface area contributed by atoms with Gasteiger partial charge < -0.3 is 16.0 Å². The predicted octanol–water partition coefficient (Wildman–Crippen LogP) is 0.725. The zero-order valence-corrected chi connectivity index (χ0v) is 11.1. The number of amides is 1.